The number of H-pyrrole nitrogens is 1. The zero-order chi connectivity index (χ0) is 18.2. The number of anilines is 1. The van der Waals surface area contributed by atoms with Crippen molar-refractivity contribution in [2.75, 3.05) is 25.0 Å². The van der Waals surface area contributed by atoms with Gasteiger partial charge in [0.15, 0.2) is 0 Å². The van der Waals surface area contributed by atoms with Crippen molar-refractivity contribution in [2.45, 2.75) is 25.8 Å². The Labute approximate surface area is 157 Å². The van der Waals surface area contributed by atoms with Gasteiger partial charge in [0, 0.05) is 30.6 Å². The van der Waals surface area contributed by atoms with Gasteiger partial charge in [0.1, 0.15) is 11.6 Å². The fourth-order valence-corrected chi connectivity index (χ4v) is 3.74. The highest BCUT2D eigenvalue weighted by atomic mass is 16.5. The van der Waals surface area contributed by atoms with Gasteiger partial charge in [-0.15, -0.1) is 0 Å². The van der Waals surface area contributed by atoms with E-state index in [0.29, 0.717) is 12.6 Å². The average molecular weight is 362 g/mol. The highest BCUT2D eigenvalue weighted by Crippen LogP contribution is 2.40. The maximum absolute atomic E-state index is 6.13. The van der Waals surface area contributed by atoms with Crippen LogP contribution in [-0.2, 0) is 0 Å². The topological polar surface area (TPSA) is 87.8 Å². The molecule has 0 radical (unpaired) electrons. The van der Waals surface area contributed by atoms with Crippen LogP contribution in [0.5, 0.6) is 5.75 Å². The van der Waals surface area contributed by atoms with Crippen molar-refractivity contribution in [2.24, 2.45) is 0 Å². The van der Waals surface area contributed by atoms with Crippen LogP contribution in [0.4, 0.5) is 5.82 Å². The summed E-state index contributed by atoms with van der Waals surface area (Å²) in [5.41, 5.74) is 5.41. The van der Waals surface area contributed by atoms with Gasteiger partial charge >= 0.3 is 0 Å². The molecule has 1 saturated heterocycles. The van der Waals surface area contributed by atoms with Gasteiger partial charge in [-0.05, 0) is 18.6 Å². The van der Waals surface area contributed by atoms with Gasteiger partial charge in [0.25, 0.3) is 0 Å². The van der Waals surface area contributed by atoms with Gasteiger partial charge in [-0.3, -0.25) is 10.1 Å². The number of benzene rings is 1. The molecular weight excluding hydrogens is 340 g/mol. The standard InChI is InChI=1S/C20H22N6O/c1-2-12-5-6-27-20-14(3-4-16-15(20)9-24-26-16)19(12)17-10-23-18(11-22-17)25-13-7-21-8-13/h3-4,9-11,13,21H,2,5-8H2,1H3,(H,23,25)(H,24,26). The van der Waals surface area contributed by atoms with E-state index in [9.17, 15) is 0 Å². The lowest BCUT2D eigenvalue weighted by Crippen LogP contribution is -2.51. The monoisotopic (exact) mass is 362 g/mol. The summed E-state index contributed by atoms with van der Waals surface area (Å²) in [5, 5.41) is 14.8. The number of ether oxygens (including phenoxy) is 1. The molecule has 3 N–H and O–H groups in total. The molecule has 5 rings (SSSR count). The Morgan fingerprint density at radius 3 is 2.85 bits per heavy atom. The molecule has 0 atom stereocenters. The molecule has 2 aliphatic heterocycles. The highest BCUT2D eigenvalue weighted by molar-refractivity contribution is 5.94. The van der Waals surface area contributed by atoms with Gasteiger partial charge in [-0.1, -0.05) is 12.5 Å². The van der Waals surface area contributed by atoms with E-state index in [2.05, 4.69) is 44.9 Å². The summed E-state index contributed by atoms with van der Waals surface area (Å²) in [4.78, 5) is 9.34. The first-order valence-electron chi connectivity index (χ1n) is 9.44. The third kappa shape index (κ3) is 2.84. The molecule has 2 aliphatic rings. The lowest BCUT2D eigenvalue weighted by molar-refractivity contribution is 0.326. The summed E-state index contributed by atoms with van der Waals surface area (Å²) in [5.74, 6) is 1.70. The Kier molecular flexibility index (Phi) is 4.01. The summed E-state index contributed by atoms with van der Waals surface area (Å²) < 4.78 is 6.13. The van der Waals surface area contributed by atoms with Crippen molar-refractivity contribution in [1.82, 2.24) is 25.5 Å². The van der Waals surface area contributed by atoms with Crippen molar-refractivity contribution in [3.63, 3.8) is 0 Å². The number of rotatable bonds is 4. The fraction of sp³-hybridized carbons (Fsp3) is 0.350. The number of aromatic amines is 1. The SMILES string of the molecule is CCC1=C(c2cnc(NC3CNC3)cn2)c2ccc3[nH]ncc3c2OCC1. The van der Waals surface area contributed by atoms with Crippen molar-refractivity contribution < 1.29 is 4.74 Å². The van der Waals surface area contributed by atoms with Crippen LogP contribution in [0.1, 0.15) is 31.0 Å². The molecule has 4 heterocycles. The first-order valence-corrected chi connectivity index (χ1v) is 9.44. The molecule has 1 aromatic carbocycles. The smallest absolute Gasteiger partial charge is 0.144 e. The van der Waals surface area contributed by atoms with E-state index in [1.54, 1.807) is 0 Å². The van der Waals surface area contributed by atoms with Crippen LogP contribution < -0.4 is 15.4 Å². The Bertz CT molecular complexity index is 1000. The van der Waals surface area contributed by atoms with Crippen molar-refractivity contribution in [3.05, 3.63) is 47.6 Å². The van der Waals surface area contributed by atoms with Crippen LogP contribution in [0.15, 0.2) is 36.3 Å². The first kappa shape index (κ1) is 16.3. The molecule has 138 valence electrons. The Hall–Kier alpha value is -2.93. The minimum Gasteiger partial charge on any atom is -0.492 e. The second-order valence-electron chi connectivity index (χ2n) is 6.99. The number of hydrogen-bond acceptors (Lipinski definition) is 6. The van der Waals surface area contributed by atoms with E-state index >= 15 is 0 Å². The third-order valence-electron chi connectivity index (χ3n) is 5.32. The summed E-state index contributed by atoms with van der Waals surface area (Å²) in [7, 11) is 0. The number of hydrogen-bond donors (Lipinski definition) is 3. The average Bonchev–Trinajstić information content (AvgIpc) is 3.06. The maximum Gasteiger partial charge on any atom is 0.144 e. The van der Waals surface area contributed by atoms with Crippen molar-refractivity contribution in [1.29, 1.82) is 0 Å². The van der Waals surface area contributed by atoms with Gasteiger partial charge in [0.2, 0.25) is 0 Å². The zero-order valence-corrected chi connectivity index (χ0v) is 15.2. The highest BCUT2D eigenvalue weighted by Gasteiger charge is 2.23. The van der Waals surface area contributed by atoms with Crippen LogP contribution in [0.3, 0.4) is 0 Å². The number of aromatic nitrogens is 4. The Morgan fingerprint density at radius 1 is 1.19 bits per heavy atom. The Balaban J connectivity index is 1.59. The van der Waals surface area contributed by atoms with Gasteiger partial charge in [0.05, 0.1) is 47.8 Å². The zero-order valence-electron chi connectivity index (χ0n) is 15.2. The molecule has 7 nitrogen and oxygen atoms in total. The lowest BCUT2D eigenvalue weighted by atomic mass is 9.93. The van der Waals surface area contributed by atoms with Crippen molar-refractivity contribution in [3.8, 4) is 5.75 Å². The quantitative estimate of drug-likeness (QED) is 0.661. The Morgan fingerprint density at radius 2 is 2.11 bits per heavy atom. The van der Waals surface area contributed by atoms with E-state index < -0.39 is 0 Å². The lowest BCUT2D eigenvalue weighted by Gasteiger charge is -2.28. The number of fused-ring (bicyclic) bond motifs is 3. The number of nitrogens with one attached hydrogen (secondary N) is 3. The summed E-state index contributed by atoms with van der Waals surface area (Å²) >= 11 is 0. The maximum atomic E-state index is 6.13. The second-order valence-corrected chi connectivity index (χ2v) is 6.99. The minimum atomic E-state index is 0.442. The van der Waals surface area contributed by atoms with Crippen LogP contribution >= 0.6 is 0 Å². The third-order valence-corrected chi connectivity index (χ3v) is 5.32. The molecule has 3 aromatic rings. The summed E-state index contributed by atoms with van der Waals surface area (Å²) in [6.07, 6.45) is 7.37. The van der Waals surface area contributed by atoms with E-state index in [-0.39, 0.29) is 0 Å². The van der Waals surface area contributed by atoms with Crippen LogP contribution in [-0.4, -0.2) is 45.9 Å². The molecule has 0 bridgehead atoms. The molecule has 0 spiro atoms. The first-order chi connectivity index (χ1) is 13.3. The molecule has 27 heavy (non-hydrogen) atoms. The molecule has 7 heteroatoms. The molecule has 0 aliphatic carbocycles. The molecule has 1 fully saturated rings. The predicted octanol–water partition coefficient (Wildman–Crippen LogP) is 2.73. The largest absolute Gasteiger partial charge is 0.492 e. The van der Waals surface area contributed by atoms with Crippen LogP contribution in [0.25, 0.3) is 16.5 Å². The summed E-state index contributed by atoms with van der Waals surface area (Å²) in [6, 6.07) is 4.59. The molecular formula is C20H22N6O. The minimum absolute atomic E-state index is 0.442. The van der Waals surface area contributed by atoms with E-state index in [1.165, 1.54) is 5.57 Å². The van der Waals surface area contributed by atoms with Crippen molar-refractivity contribution >= 4 is 22.3 Å². The van der Waals surface area contributed by atoms with Gasteiger partial charge in [-0.25, -0.2) is 4.98 Å². The van der Waals surface area contributed by atoms with Gasteiger partial charge < -0.3 is 15.4 Å². The second kappa shape index (κ2) is 6.66. The molecule has 0 amide bonds. The normalized spacial score (nSPS) is 17.2. The number of nitrogens with zero attached hydrogens (tertiary/aromatic N) is 3. The van der Waals surface area contributed by atoms with Gasteiger partial charge in [-0.2, -0.15) is 5.10 Å². The summed E-state index contributed by atoms with van der Waals surface area (Å²) in [6.45, 7) is 4.79. The molecule has 2 aromatic heterocycles. The van der Waals surface area contributed by atoms with E-state index in [0.717, 1.165) is 65.2 Å². The molecule has 0 unspecified atom stereocenters. The fourth-order valence-electron chi connectivity index (χ4n) is 3.74. The van der Waals surface area contributed by atoms with E-state index in [1.807, 2.05) is 18.6 Å². The van der Waals surface area contributed by atoms with Crippen LogP contribution in [0, 0.1) is 0 Å². The van der Waals surface area contributed by atoms with E-state index in [4.69, 9.17) is 9.72 Å². The molecule has 0 saturated carbocycles. The van der Waals surface area contributed by atoms with Crippen LogP contribution in [0.2, 0.25) is 0 Å². The predicted molar refractivity (Wildman–Crippen MR) is 105 cm³/mol.